The van der Waals surface area contributed by atoms with E-state index in [1.54, 1.807) is 0 Å². The highest BCUT2D eigenvalue weighted by Crippen LogP contribution is 2.40. The Bertz CT molecular complexity index is 316. The van der Waals surface area contributed by atoms with Crippen molar-refractivity contribution in [2.24, 2.45) is 17.3 Å². The zero-order valence-electron chi connectivity index (χ0n) is 14.4. The zero-order valence-corrected chi connectivity index (χ0v) is 14.4. The smallest absolute Gasteiger partial charge is 0.0346 e. The number of piperazine rings is 1. The van der Waals surface area contributed by atoms with Crippen molar-refractivity contribution >= 4 is 0 Å². The van der Waals surface area contributed by atoms with Gasteiger partial charge in [-0.25, -0.2) is 0 Å². The Balaban J connectivity index is 1.36. The van der Waals surface area contributed by atoms with Gasteiger partial charge in [0.05, 0.1) is 0 Å². The molecule has 3 nitrogen and oxygen atoms in total. The third-order valence-electron chi connectivity index (χ3n) is 6.27. The molecule has 0 unspecified atom stereocenters. The van der Waals surface area contributed by atoms with Gasteiger partial charge in [-0.1, -0.05) is 20.8 Å². The normalized spacial score (nSPS) is 33.9. The first-order chi connectivity index (χ1) is 10.0. The molecule has 21 heavy (non-hydrogen) atoms. The molecule has 3 rings (SSSR count). The summed E-state index contributed by atoms with van der Waals surface area (Å²) in [5.41, 5.74) is 0.521. The molecule has 3 fully saturated rings. The van der Waals surface area contributed by atoms with Crippen LogP contribution in [0.1, 0.15) is 46.5 Å². The second kappa shape index (κ2) is 6.55. The first kappa shape index (κ1) is 15.8. The molecule has 2 saturated heterocycles. The molecule has 3 heteroatoms. The Labute approximate surface area is 131 Å². The minimum atomic E-state index is 0.521. The topological polar surface area (TPSA) is 18.5 Å². The van der Waals surface area contributed by atoms with Gasteiger partial charge in [0.25, 0.3) is 0 Å². The summed E-state index contributed by atoms with van der Waals surface area (Å²) < 4.78 is 0. The second-order valence-corrected chi connectivity index (χ2v) is 8.73. The van der Waals surface area contributed by atoms with Gasteiger partial charge in [-0.3, -0.25) is 4.90 Å². The highest BCUT2D eigenvalue weighted by molar-refractivity contribution is 4.88. The Kier molecular flexibility index (Phi) is 4.92. The van der Waals surface area contributed by atoms with Crippen LogP contribution in [0, 0.1) is 17.3 Å². The van der Waals surface area contributed by atoms with Crippen LogP contribution in [0.3, 0.4) is 0 Å². The minimum Gasteiger partial charge on any atom is -0.314 e. The molecule has 0 atom stereocenters. The van der Waals surface area contributed by atoms with Crippen LogP contribution in [-0.4, -0.2) is 61.7 Å². The first-order valence-electron chi connectivity index (χ1n) is 9.19. The van der Waals surface area contributed by atoms with Crippen LogP contribution in [0.5, 0.6) is 0 Å². The highest BCUT2D eigenvalue weighted by atomic mass is 15.3. The maximum atomic E-state index is 3.40. The van der Waals surface area contributed by atoms with E-state index >= 15 is 0 Å². The predicted molar refractivity (Wildman–Crippen MR) is 89.6 cm³/mol. The van der Waals surface area contributed by atoms with Crippen LogP contribution in [0.25, 0.3) is 0 Å². The fourth-order valence-electron chi connectivity index (χ4n) is 4.42. The summed E-state index contributed by atoms with van der Waals surface area (Å²) in [5.74, 6) is 1.93. The van der Waals surface area contributed by atoms with E-state index in [-0.39, 0.29) is 0 Å². The average Bonchev–Trinajstić information content (AvgIpc) is 2.39. The van der Waals surface area contributed by atoms with Crippen molar-refractivity contribution in [3.05, 3.63) is 0 Å². The van der Waals surface area contributed by atoms with Crippen LogP contribution in [0.15, 0.2) is 0 Å². The molecule has 0 spiro atoms. The lowest BCUT2D eigenvalue weighted by Gasteiger charge is -2.44. The monoisotopic (exact) mass is 293 g/mol. The lowest BCUT2D eigenvalue weighted by molar-refractivity contribution is 0.0552. The first-order valence-corrected chi connectivity index (χ1v) is 9.19. The summed E-state index contributed by atoms with van der Waals surface area (Å²) in [5, 5.41) is 3.40. The van der Waals surface area contributed by atoms with Crippen molar-refractivity contribution < 1.29 is 0 Å². The van der Waals surface area contributed by atoms with Gasteiger partial charge < -0.3 is 10.2 Å². The summed E-state index contributed by atoms with van der Waals surface area (Å²) in [6.07, 6.45) is 5.85. The van der Waals surface area contributed by atoms with Gasteiger partial charge in [0.15, 0.2) is 0 Å². The SMILES string of the molecule is CC(C)(C)C1CCC(CN2CCN(C3CNC3)CC2)CC1. The van der Waals surface area contributed by atoms with E-state index in [9.17, 15) is 0 Å². The summed E-state index contributed by atoms with van der Waals surface area (Å²) in [6, 6.07) is 0.842. The van der Waals surface area contributed by atoms with Crippen LogP contribution in [-0.2, 0) is 0 Å². The fourth-order valence-corrected chi connectivity index (χ4v) is 4.42. The molecule has 1 saturated carbocycles. The number of rotatable bonds is 3. The van der Waals surface area contributed by atoms with E-state index in [2.05, 4.69) is 35.9 Å². The summed E-state index contributed by atoms with van der Waals surface area (Å²) in [7, 11) is 0. The van der Waals surface area contributed by atoms with Gasteiger partial charge in [-0.2, -0.15) is 0 Å². The van der Waals surface area contributed by atoms with Gasteiger partial charge in [-0.15, -0.1) is 0 Å². The van der Waals surface area contributed by atoms with Crippen molar-refractivity contribution in [2.45, 2.75) is 52.5 Å². The quantitative estimate of drug-likeness (QED) is 0.862. The van der Waals surface area contributed by atoms with Crippen molar-refractivity contribution in [1.29, 1.82) is 0 Å². The van der Waals surface area contributed by atoms with Crippen LogP contribution >= 0.6 is 0 Å². The maximum Gasteiger partial charge on any atom is 0.0346 e. The third kappa shape index (κ3) is 4.00. The van der Waals surface area contributed by atoms with Crippen molar-refractivity contribution in [3.8, 4) is 0 Å². The van der Waals surface area contributed by atoms with E-state index in [0.29, 0.717) is 5.41 Å². The molecule has 0 amide bonds. The Morgan fingerprint density at radius 1 is 0.905 bits per heavy atom. The summed E-state index contributed by atoms with van der Waals surface area (Å²) in [4.78, 5) is 5.44. The van der Waals surface area contributed by atoms with Gasteiger partial charge in [0.1, 0.15) is 0 Å². The van der Waals surface area contributed by atoms with E-state index in [4.69, 9.17) is 0 Å². The van der Waals surface area contributed by atoms with E-state index in [1.165, 1.54) is 71.5 Å². The molecule has 122 valence electrons. The molecule has 2 heterocycles. The van der Waals surface area contributed by atoms with Gasteiger partial charge in [-0.05, 0) is 42.9 Å². The molecule has 0 radical (unpaired) electrons. The summed E-state index contributed by atoms with van der Waals surface area (Å²) in [6.45, 7) is 16.3. The number of hydrogen-bond donors (Lipinski definition) is 1. The molecular weight excluding hydrogens is 258 g/mol. The molecule has 1 aliphatic carbocycles. The van der Waals surface area contributed by atoms with Crippen molar-refractivity contribution in [2.75, 3.05) is 45.8 Å². The highest BCUT2D eigenvalue weighted by Gasteiger charge is 2.32. The Morgan fingerprint density at radius 3 is 2.00 bits per heavy atom. The van der Waals surface area contributed by atoms with Crippen LogP contribution in [0.4, 0.5) is 0 Å². The van der Waals surface area contributed by atoms with Crippen molar-refractivity contribution in [1.82, 2.24) is 15.1 Å². The van der Waals surface area contributed by atoms with Gasteiger partial charge in [0.2, 0.25) is 0 Å². The molecule has 0 bridgehead atoms. The van der Waals surface area contributed by atoms with E-state index in [1.807, 2.05) is 0 Å². The van der Waals surface area contributed by atoms with E-state index in [0.717, 1.165) is 17.9 Å². The summed E-state index contributed by atoms with van der Waals surface area (Å²) >= 11 is 0. The van der Waals surface area contributed by atoms with Crippen LogP contribution in [0.2, 0.25) is 0 Å². The maximum absolute atomic E-state index is 3.40. The Morgan fingerprint density at radius 2 is 1.52 bits per heavy atom. The van der Waals surface area contributed by atoms with Gasteiger partial charge in [0, 0.05) is 51.9 Å². The molecule has 0 aromatic carbocycles. The lowest BCUT2D eigenvalue weighted by Crippen LogP contribution is -2.61. The molecule has 3 aliphatic rings. The molecule has 0 aromatic heterocycles. The number of nitrogens with one attached hydrogen (secondary N) is 1. The zero-order chi connectivity index (χ0) is 14.9. The average molecular weight is 293 g/mol. The molecule has 2 aliphatic heterocycles. The minimum absolute atomic E-state index is 0.521. The molecule has 0 aromatic rings. The second-order valence-electron chi connectivity index (χ2n) is 8.73. The fraction of sp³-hybridized carbons (Fsp3) is 1.00. The Hall–Kier alpha value is -0.120. The third-order valence-corrected chi connectivity index (χ3v) is 6.27. The number of hydrogen-bond acceptors (Lipinski definition) is 3. The standard InChI is InChI=1S/C18H35N3/c1-18(2,3)16-6-4-15(5-7-16)14-20-8-10-21(11-9-20)17-12-19-13-17/h15-17,19H,4-14H2,1-3H3. The largest absolute Gasteiger partial charge is 0.314 e. The van der Waals surface area contributed by atoms with E-state index < -0.39 is 0 Å². The lowest BCUT2D eigenvalue weighted by atomic mass is 9.70. The molecule has 1 N–H and O–H groups in total. The predicted octanol–water partition coefficient (Wildman–Crippen LogP) is 2.43. The number of nitrogens with zero attached hydrogens (tertiary/aromatic N) is 2. The van der Waals surface area contributed by atoms with Gasteiger partial charge >= 0.3 is 0 Å². The van der Waals surface area contributed by atoms with Crippen molar-refractivity contribution in [3.63, 3.8) is 0 Å². The van der Waals surface area contributed by atoms with Crippen LogP contribution < -0.4 is 5.32 Å². The molecular formula is C18H35N3.